The quantitative estimate of drug-likeness (QED) is 0.402. The summed E-state index contributed by atoms with van der Waals surface area (Å²) in [6.45, 7) is 6.72. The normalized spacial score (nSPS) is 22.8. The van der Waals surface area contributed by atoms with E-state index < -0.39 is 12.3 Å². The highest BCUT2D eigenvalue weighted by molar-refractivity contribution is 5.86. The van der Waals surface area contributed by atoms with Crippen LogP contribution < -0.4 is 4.74 Å². The third-order valence-corrected chi connectivity index (χ3v) is 5.70. The smallest absolute Gasteiger partial charge is 0.333 e. The Morgan fingerprint density at radius 1 is 1.14 bits per heavy atom. The molecule has 1 saturated heterocycles. The summed E-state index contributed by atoms with van der Waals surface area (Å²) in [7, 11) is 0. The second-order valence-corrected chi connectivity index (χ2v) is 7.95. The van der Waals surface area contributed by atoms with Crippen LogP contribution in [0.3, 0.4) is 0 Å². The van der Waals surface area contributed by atoms with Crippen molar-refractivity contribution in [2.24, 2.45) is 11.8 Å². The molecule has 1 aliphatic heterocycles. The molecule has 1 aromatic carbocycles. The Morgan fingerprint density at radius 2 is 1.86 bits per heavy atom. The van der Waals surface area contributed by atoms with E-state index in [-0.39, 0.29) is 19.8 Å². The zero-order valence-electron chi connectivity index (χ0n) is 17.2. The molecule has 0 radical (unpaired) electrons. The summed E-state index contributed by atoms with van der Waals surface area (Å²) in [5.74, 6) is 1.28. The monoisotopic (exact) mass is 404 g/mol. The van der Waals surface area contributed by atoms with Crippen LogP contribution in [0.5, 0.6) is 5.75 Å². The van der Waals surface area contributed by atoms with Gasteiger partial charge in [-0.1, -0.05) is 50.8 Å². The lowest BCUT2D eigenvalue weighted by atomic mass is 9.80. The van der Waals surface area contributed by atoms with Gasteiger partial charge in [0, 0.05) is 22.6 Å². The molecule has 0 aromatic heterocycles. The molecule has 0 atom stereocenters. The van der Waals surface area contributed by atoms with Gasteiger partial charge in [-0.3, -0.25) is 0 Å². The van der Waals surface area contributed by atoms with Crippen molar-refractivity contribution >= 4 is 5.97 Å². The molecular weight excluding hydrogens is 372 g/mol. The van der Waals surface area contributed by atoms with Gasteiger partial charge in [-0.15, -0.1) is 0 Å². The lowest BCUT2D eigenvalue weighted by Gasteiger charge is -2.36. The number of aliphatic hydroxyl groups is 1. The molecule has 1 saturated carbocycles. The van der Waals surface area contributed by atoms with Crippen molar-refractivity contribution in [3.05, 3.63) is 41.5 Å². The molecule has 1 heterocycles. The van der Waals surface area contributed by atoms with E-state index in [0.29, 0.717) is 41.9 Å². The number of aliphatic hydroxyl groups excluding tert-OH is 1. The highest BCUT2D eigenvalue weighted by Gasteiger charge is 2.30. The van der Waals surface area contributed by atoms with Crippen molar-refractivity contribution < 1.29 is 28.8 Å². The largest absolute Gasteiger partial charge is 0.490 e. The van der Waals surface area contributed by atoms with Crippen molar-refractivity contribution in [2.75, 3.05) is 26.4 Å². The van der Waals surface area contributed by atoms with Crippen LogP contribution in [-0.2, 0) is 25.6 Å². The van der Waals surface area contributed by atoms with Crippen LogP contribution in [0.4, 0.5) is 0 Å². The topological polar surface area (TPSA) is 74.2 Å². The number of carbonyl (C=O) groups excluding carboxylic acids is 1. The Hall–Kier alpha value is -1.89. The van der Waals surface area contributed by atoms with Gasteiger partial charge >= 0.3 is 5.97 Å². The van der Waals surface area contributed by atoms with Gasteiger partial charge in [0.2, 0.25) is 0 Å². The summed E-state index contributed by atoms with van der Waals surface area (Å²) in [5.41, 5.74) is 1.87. The zero-order valence-corrected chi connectivity index (χ0v) is 17.2. The molecule has 1 aromatic rings. The first-order valence-electron chi connectivity index (χ1n) is 10.5. The van der Waals surface area contributed by atoms with E-state index >= 15 is 0 Å². The molecule has 1 N–H and O–H groups in total. The van der Waals surface area contributed by atoms with Gasteiger partial charge in [-0.05, 0) is 18.9 Å². The van der Waals surface area contributed by atoms with Crippen LogP contribution in [0, 0.1) is 11.8 Å². The molecule has 6 nitrogen and oxygen atoms in total. The first kappa shape index (κ1) is 21.8. The number of ether oxygens (including phenoxy) is 4. The van der Waals surface area contributed by atoms with Gasteiger partial charge in [0.1, 0.15) is 19.0 Å². The number of rotatable bonds is 8. The molecule has 2 aliphatic rings. The Kier molecular flexibility index (Phi) is 8.09. The van der Waals surface area contributed by atoms with Gasteiger partial charge in [-0.2, -0.15) is 0 Å². The van der Waals surface area contributed by atoms with Crippen LogP contribution in [-0.4, -0.2) is 37.5 Å². The predicted octanol–water partition coefficient (Wildman–Crippen LogP) is 3.92. The van der Waals surface area contributed by atoms with Crippen LogP contribution >= 0.6 is 0 Å². The Bertz CT molecular complexity index is 687. The van der Waals surface area contributed by atoms with Crippen molar-refractivity contribution in [1.29, 1.82) is 0 Å². The maximum absolute atomic E-state index is 11.4. The van der Waals surface area contributed by atoms with Crippen molar-refractivity contribution in [2.45, 2.75) is 51.9 Å². The summed E-state index contributed by atoms with van der Waals surface area (Å²) in [6, 6.07) is 5.54. The van der Waals surface area contributed by atoms with Gasteiger partial charge < -0.3 is 24.1 Å². The molecule has 6 heteroatoms. The lowest BCUT2D eigenvalue weighted by molar-refractivity contribution is -0.214. The Balaban J connectivity index is 1.54. The minimum atomic E-state index is -0.443. The molecule has 29 heavy (non-hydrogen) atoms. The summed E-state index contributed by atoms with van der Waals surface area (Å²) in [6.07, 6.45) is 6.11. The fourth-order valence-corrected chi connectivity index (χ4v) is 3.98. The first-order valence-corrected chi connectivity index (χ1v) is 10.5. The van der Waals surface area contributed by atoms with E-state index in [1.54, 1.807) is 6.92 Å². The van der Waals surface area contributed by atoms with E-state index in [1.807, 2.05) is 18.2 Å². The van der Waals surface area contributed by atoms with Gasteiger partial charge in [0.15, 0.2) is 6.29 Å². The molecular formula is C23H32O6. The number of carbonyl (C=O) groups is 1. The van der Waals surface area contributed by atoms with Crippen LogP contribution in [0.2, 0.25) is 0 Å². The fraction of sp³-hybridized carbons (Fsp3) is 0.609. The number of benzene rings is 1. The third kappa shape index (κ3) is 6.04. The van der Waals surface area contributed by atoms with E-state index in [0.717, 1.165) is 5.56 Å². The minimum Gasteiger partial charge on any atom is -0.490 e. The third-order valence-electron chi connectivity index (χ3n) is 5.70. The molecule has 0 amide bonds. The average molecular weight is 405 g/mol. The molecule has 160 valence electrons. The van der Waals surface area contributed by atoms with Crippen LogP contribution in [0.25, 0.3) is 0 Å². The second kappa shape index (κ2) is 10.8. The van der Waals surface area contributed by atoms with Gasteiger partial charge in [-0.25, -0.2) is 4.79 Å². The van der Waals surface area contributed by atoms with E-state index in [2.05, 4.69) is 6.58 Å². The van der Waals surface area contributed by atoms with Crippen LogP contribution in [0.1, 0.15) is 56.4 Å². The minimum absolute atomic E-state index is 0.111. The Labute approximate surface area is 172 Å². The molecule has 0 spiro atoms. The maximum Gasteiger partial charge on any atom is 0.333 e. The lowest BCUT2D eigenvalue weighted by Crippen LogP contribution is -2.33. The molecule has 2 fully saturated rings. The van der Waals surface area contributed by atoms with Gasteiger partial charge in [0.05, 0.1) is 19.8 Å². The highest BCUT2D eigenvalue weighted by atomic mass is 16.7. The van der Waals surface area contributed by atoms with Crippen LogP contribution in [0.15, 0.2) is 30.4 Å². The first-order chi connectivity index (χ1) is 14.1. The summed E-state index contributed by atoms with van der Waals surface area (Å²) in [5, 5.41) is 9.58. The van der Waals surface area contributed by atoms with Crippen molar-refractivity contribution in [3.63, 3.8) is 0 Å². The second-order valence-electron chi connectivity index (χ2n) is 7.95. The van der Waals surface area contributed by atoms with E-state index in [4.69, 9.17) is 18.9 Å². The molecule has 3 rings (SSSR count). The summed E-state index contributed by atoms with van der Waals surface area (Å²) in [4.78, 5) is 11.4. The maximum atomic E-state index is 11.4. The zero-order chi connectivity index (χ0) is 20.6. The standard InChI is InChI=1S/C23H32O6/c1-16(2)22(25)27-11-10-26-21-12-18(8-9-19(21)13-24)23-28-14-20(15-29-23)17-6-4-3-5-7-17/h8-9,12,17,20,23-24H,1,3-7,10-11,13-15H2,2H3. The Morgan fingerprint density at radius 3 is 2.52 bits per heavy atom. The highest BCUT2D eigenvalue weighted by Crippen LogP contribution is 2.36. The van der Waals surface area contributed by atoms with Crippen molar-refractivity contribution in [1.82, 2.24) is 0 Å². The average Bonchev–Trinajstić information content (AvgIpc) is 2.77. The van der Waals surface area contributed by atoms with Crippen molar-refractivity contribution in [3.8, 4) is 5.75 Å². The summed E-state index contributed by atoms with van der Waals surface area (Å²) < 4.78 is 22.8. The summed E-state index contributed by atoms with van der Waals surface area (Å²) >= 11 is 0. The number of esters is 1. The fourth-order valence-electron chi connectivity index (χ4n) is 3.98. The SMILES string of the molecule is C=C(C)C(=O)OCCOc1cc(C2OCC(C3CCCCC3)CO2)ccc1CO. The molecule has 0 unspecified atom stereocenters. The van der Waals surface area contributed by atoms with E-state index in [1.165, 1.54) is 32.1 Å². The predicted molar refractivity (Wildman–Crippen MR) is 108 cm³/mol. The molecule has 1 aliphatic carbocycles. The number of hydrogen-bond acceptors (Lipinski definition) is 6. The number of hydrogen-bond donors (Lipinski definition) is 1. The van der Waals surface area contributed by atoms with Gasteiger partial charge in [0.25, 0.3) is 0 Å². The molecule has 0 bridgehead atoms. The van der Waals surface area contributed by atoms with E-state index in [9.17, 15) is 9.90 Å².